The van der Waals surface area contributed by atoms with Gasteiger partial charge in [0.05, 0.1) is 36.8 Å². The van der Waals surface area contributed by atoms with Gasteiger partial charge in [-0.3, -0.25) is 0 Å². The summed E-state index contributed by atoms with van der Waals surface area (Å²) in [5.41, 5.74) is 0.611. The Morgan fingerprint density at radius 3 is 2.57 bits per heavy atom. The van der Waals surface area contributed by atoms with Crippen LogP contribution in [0.25, 0.3) is 0 Å². The van der Waals surface area contributed by atoms with E-state index in [-0.39, 0.29) is 17.1 Å². The molecule has 0 aromatic heterocycles. The van der Waals surface area contributed by atoms with E-state index in [9.17, 15) is 13.2 Å². The molecule has 0 aliphatic carbocycles. The van der Waals surface area contributed by atoms with Crippen LogP contribution in [0, 0.1) is 6.92 Å². The molecule has 0 heterocycles. The maximum absolute atomic E-state index is 12.3. The zero-order valence-electron chi connectivity index (χ0n) is 12.1. The van der Waals surface area contributed by atoms with Crippen LogP contribution in [0.5, 0.6) is 0 Å². The molecule has 0 spiro atoms. The zero-order chi connectivity index (χ0) is 16.0. The highest BCUT2D eigenvalue weighted by atomic mass is 32.2. The first-order valence-electron chi connectivity index (χ1n) is 6.16. The number of benzene rings is 1. The van der Waals surface area contributed by atoms with E-state index in [0.717, 1.165) is 0 Å². The number of aliphatic hydroxyl groups excluding tert-OH is 1. The van der Waals surface area contributed by atoms with Crippen molar-refractivity contribution in [2.75, 3.05) is 27.4 Å². The van der Waals surface area contributed by atoms with Crippen LogP contribution >= 0.6 is 0 Å². The van der Waals surface area contributed by atoms with Crippen molar-refractivity contribution in [3.8, 4) is 0 Å². The van der Waals surface area contributed by atoms with Crippen LogP contribution in [0.3, 0.4) is 0 Å². The van der Waals surface area contributed by atoms with E-state index >= 15 is 0 Å². The van der Waals surface area contributed by atoms with Crippen LogP contribution in [0.2, 0.25) is 0 Å². The van der Waals surface area contributed by atoms with Crippen molar-refractivity contribution >= 4 is 16.0 Å². The highest BCUT2D eigenvalue weighted by molar-refractivity contribution is 7.89. The van der Waals surface area contributed by atoms with Crippen LogP contribution < -0.4 is 4.72 Å². The average Bonchev–Trinajstić information content (AvgIpc) is 2.46. The zero-order valence-corrected chi connectivity index (χ0v) is 12.9. The molecule has 8 heteroatoms. The number of carbonyl (C=O) groups excluding carboxylic acids is 1. The van der Waals surface area contributed by atoms with Crippen LogP contribution in [0.4, 0.5) is 0 Å². The molecule has 1 aromatic carbocycles. The third-order valence-electron chi connectivity index (χ3n) is 2.81. The summed E-state index contributed by atoms with van der Waals surface area (Å²) < 4.78 is 36.4. The lowest BCUT2D eigenvalue weighted by Gasteiger charge is -2.17. The number of rotatable bonds is 7. The summed E-state index contributed by atoms with van der Waals surface area (Å²) in [4.78, 5) is 11.4. The van der Waals surface area contributed by atoms with Gasteiger partial charge < -0.3 is 14.6 Å². The van der Waals surface area contributed by atoms with E-state index in [2.05, 4.69) is 9.46 Å². The summed E-state index contributed by atoms with van der Waals surface area (Å²) in [5, 5.41) is 9.14. The van der Waals surface area contributed by atoms with E-state index in [1.54, 1.807) is 6.92 Å². The summed E-state index contributed by atoms with van der Waals surface area (Å²) in [6.45, 7) is 1.24. The van der Waals surface area contributed by atoms with E-state index in [1.165, 1.54) is 32.4 Å². The number of carbonyl (C=O) groups is 1. The second-order valence-electron chi connectivity index (χ2n) is 4.43. The average molecular weight is 317 g/mol. The van der Waals surface area contributed by atoms with Crippen molar-refractivity contribution in [2.45, 2.75) is 17.9 Å². The fourth-order valence-corrected chi connectivity index (χ4v) is 3.22. The summed E-state index contributed by atoms with van der Waals surface area (Å²) >= 11 is 0. The molecule has 1 aromatic rings. The van der Waals surface area contributed by atoms with Crippen molar-refractivity contribution in [2.24, 2.45) is 0 Å². The van der Waals surface area contributed by atoms with E-state index in [0.29, 0.717) is 5.56 Å². The monoisotopic (exact) mass is 317 g/mol. The summed E-state index contributed by atoms with van der Waals surface area (Å²) in [7, 11) is -1.27. The number of hydrogen-bond acceptors (Lipinski definition) is 6. The Bertz CT molecular complexity index is 599. The Hall–Kier alpha value is -1.48. The van der Waals surface area contributed by atoms with Crippen LogP contribution in [0.1, 0.15) is 15.9 Å². The number of aryl methyl sites for hydroxylation is 1. The van der Waals surface area contributed by atoms with Crippen molar-refractivity contribution in [3.63, 3.8) is 0 Å². The van der Waals surface area contributed by atoms with Gasteiger partial charge in [-0.2, -0.15) is 0 Å². The molecular formula is C13H19NO6S. The highest BCUT2D eigenvalue weighted by Crippen LogP contribution is 2.18. The fourth-order valence-electron chi connectivity index (χ4n) is 1.74. The van der Waals surface area contributed by atoms with Gasteiger partial charge in [-0.05, 0) is 24.6 Å². The molecule has 0 amide bonds. The molecule has 0 aliphatic heterocycles. The summed E-state index contributed by atoms with van der Waals surface area (Å²) in [5.74, 6) is -0.623. The van der Waals surface area contributed by atoms with Gasteiger partial charge in [0.2, 0.25) is 10.0 Å². The lowest BCUT2D eigenvalue weighted by atomic mass is 10.1. The van der Waals surface area contributed by atoms with Crippen molar-refractivity contribution in [1.29, 1.82) is 0 Å². The lowest BCUT2D eigenvalue weighted by molar-refractivity contribution is 0.0600. The molecule has 0 saturated carbocycles. The Balaban J connectivity index is 3.15. The number of aliphatic hydroxyl groups is 1. The molecule has 7 nitrogen and oxygen atoms in total. The molecule has 1 atom stereocenters. The Labute approximate surface area is 123 Å². The predicted molar refractivity (Wildman–Crippen MR) is 75.6 cm³/mol. The molecule has 1 rings (SSSR count). The van der Waals surface area contributed by atoms with Gasteiger partial charge in [0.25, 0.3) is 0 Å². The SMILES string of the molecule is COCC(CO)NS(=O)(=O)c1cc(C(=O)OC)ccc1C. The number of sulfonamides is 1. The first-order chi connectivity index (χ1) is 9.85. The quantitative estimate of drug-likeness (QED) is 0.690. The van der Waals surface area contributed by atoms with Gasteiger partial charge in [0, 0.05) is 7.11 Å². The largest absolute Gasteiger partial charge is 0.465 e. The minimum absolute atomic E-state index is 0.0332. The second kappa shape index (κ2) is 7.51. The number of ether oxygens (including phenoxy) is 2. The Kier molecular flexibility index (Phi) is 6.28. The van der Waals surface area contributed by atoms with E-state index in [4.69, 9.17) is 9.84 Å². The number of esters is 1. The molecule has 0 fully saturated rings. The van der Waals surface area contributed by atoms with Crippen molar-refractivity contribution in [1.82, 2.24) is 4.72 Å². The third-order valence-corrected chi connectivity index (χ3v) is 4.47. The maximum Gasteiger partial charge on any atom is 0.337 e. The van der Waals surface area contributed by atoms with Gasteiger partial charge in [-0.25, -0.2) is 17.9 Å². The van der Waals surface area contributed by atoms with Crippen molar-refractivity contribution in [3.05, 3.63) is 29.3 Å². The standard InChI is InChI=1S/C13H19NO6S/c1-9-4-5-10(13(16)20-3)6-12(9)21(17,18)14-11(7-15)8-19-2/h4-6,11,14-15H,7-8H2,1-3H3. The summed E-state index contributed by atoms with van der Waals surface area (Å²) in [6.07, 6.45) is 0. The molecule has 2 N–H and O–H groups in total. The lowest BCUT2D eigenvalue weighted by Crippen LogP contribution is -2.40. The van der Waals surface area contributed by atoms with Crippen LogP contribution in [-0.4, -0.2) is 53.0 Å². The summed E-state index contributed by atoms with van der Waals surface area (Å²) in [6, 6.07) is 3.48. The molecule has 0 aliphatic rings. The number of methoxy groups -OCH3 is 2. The minimum atomic E-state index is -3.89. The van der Waals surface area contributed by atoms with Gasteiger partial charge in [-0.15, -0.1) is 0 Å². The van der Waals surface area contributed by atoms with Crippen LogP contribution in [-0.2, 0) is 19.5 Å². The van der Waals surface area contributed by atoms with Gasteiger partial charge in [0.1, 0.15) is 0 Å². The Morgan fingerprint density at radius 2 is 2.05 bits per heavy atom. The fraction of sp³-hybridized carbons (Fsp3) is 0.462. The molecule has 0 saturated heterocycles. The predicted octanol–water partition coefficient (Wildman–Crippen LogP) is 0.0672. The minimum Gasteiger partial charge on any atom is -0.465 e. The molecule has 21 heavy (non-hydrogen) atoms. The molecular weight excluding hydrogens is 298 g/mol. The molecule has 118 valence electrons. The first-order valence-corrected chi connectivity index (χ1v) is 7.65. The van der Waals surface area contributed by atoms with E-state index < -0.39 is 28.6 Å². The van der Waals surface area contributed by atoms with Crippen LogP contribution in [0.15, 0.2) is 23.1 Å². The molecule has 1 unspecified atom stereocenters. The normalized spacial score (nSPS) is 13.0. The second-order valence-corrected chi connectivity index (χ2v) is 6.11. The number of nitrogens with one attached hydrogen (secondary N) is 1. The van der Waals surface area contributed by atoms with Crippen molar-refractivity contribution < 1.29 is 27.8 Å². The highest BCUT2D eigenvalue weighted by Gasteiger charge is 2.23. The third kappa shape index (κ3) is 4.50. The smallest absolute Gasteiger partial charge is 0.337 e. The number of hydrogen-bond donors (Lipinski definition) is 2. The topological polar surface area (TPSA) is 102 Å². The molecule has 0 bridgehead atoms. The van der Waals surface area contributed by atoms with Gasteiger partial charge in [0.15, 0.2) is 0 Å². The Morgan fingerprint density at radius 1 is 1.38 bits per heavy atom. The van der Waals surface area contributed by atoms with Gasteiger partial charge in [-0.1, -0.05) is 6.07 Å². The molecule has 0 radical (unpaired) electrons. The van der Waals surface area contributed by atoms with E-state index in [1.807, 2.05) is 0 Å². The first kappa shape index (κ1) is 17.6. The van der Waals surface area contributed by atoms with Gasteiger partial charge >= 0.3 is 5.97 Å². The maximum atomic E-state index is 12.3.